The van der Waals surface area contributed by atoms with Crippen LogP contribution < -0.4 is 4.90 Å². The molecule has 0 saturated carbocycles. The molecule has 0 N–H and O–H groups in total. The lowest BCUT2D eigenvalue weighted by Crippen LogP contribution is -2.38. The summed E-state index contributed by atoms with van der Waals surface area (Å²) < 4.78 is 5.05. The van der Waals surface area contributed by atoms with Crippen molar-refractivity contribution in [2.24, 2.45) is 0 Å². The number of anilines is 1. The highest BCUT2D eigenvalue weighted by Crippen LogP contribution is 2.24. The molecular formula is C15H21Cl2NO3. The molecule has 0 bridgehead atoms. The van der Waals surface area contributed by atoms with Crippen LogP contribution in [0.1, 0.15) is 37.6 Å². The number of hydrogen-bond acceptors (Lipinski definition) is 4. The molecule has 4 nitrogen and oxygen atoms in total. The fourth-order valence-corrected chi connectivity index (χ4v) is 2.11. The average Bonchev–Trinajstić information content (AvgIpc) is 2.44. The van der Waals surface area contributed by atoms with Crippen LogP contribution in [0.3, 0.4) is 0 Å². The molecule has 1 aromatic rings. The Morgan fingerprint density at radius 1 is 1.29 bits per heavy atom. The molecule has 0 aliphatic heterocycles. The summed E-state index contributed by atoms with van der Waals surface area (Å²) in [6, 6.07) is 6.60. The fraction of sp³-hybridized carbons (Fsp3) is 0.467. The summed E-state index contributed by atoms with van der Waals surface area (Å²) in [4.78, 5) is 25.3. The van der Waals surface area contributed by atoms with Gasteiger partial charge in [0.1, 0.15) is 6.04 Å². The number of carbonyl (C=O) groups excluding carboxylic acids is 2. The van der Waals surface area contributed by atoms with Gasteiger partial charge in [0.25, 0.3) is 0 Å². The lowest BCUT2D eigenvalue weighted by molar-refractivity contribution is -0.112. The van der Waals surface area contributed by atoms with E-state index in [9.17, 15) is 9.59 Å². The van der Waals surface area contributed by atoms with Crippen molar-refractivity contribution in [1.82, 2.24) is 0 Å². The molecule has 0 spiro atoms. The van der Waals surface area contributed by atoms with Gasteiger partial charge in [-0.25, -0.2) is 4.79 Å². The van der Waals surface area contributed by atoms with E-state index in [1.807, 2.05) is 17.9 Å². The van der Waals surface area contributed by atoms with Crippen molar-refractivity contribution in [3.63, 3.8) is 0 Å². The number of ether oxygens (including phenoxy) is 1. The second-order valence-electron chi connectivity index (χ2n) is 4.41. The second kappa shape index (κ2) is 9.64. The second-order valence-corrected chi connectivity index (χ2v) is 4.78. The van der Waals surface area contributed by atoms with Crippen LogP contribution in [0.4, 0.5) is 5.69 Å². The summed E-state index contributed by atoms with van der Waals surface area (Å²) in [6.07, 6.45) is 0.839. The number of esters is 1. The first-order valence-corrected chi connectivity index (χ1v) is 7.12. The third kappa shape index (κ3) is 5.21. The largest absolute Gasteiger partial charge is 0.462 e. The number of nitrogens with zero attached hydrogens (tertiary/aromatic N) is 1. The van der Waals surface area contributed by atoms with E-state index >= 15 is 0 Å². The van der Waals surface area contributed by atoms with Crippen LogP contribution >= 0.6 is 24.0 Å². The minimum absolute atomic E-state index is 0. The van der Waals surface area contributed by atoms with Crippen molar-refractivity contribution in [2.45, 2.75) is 33.2 Å². The van der Waals surface area contributed by atoms with Crippen LogP contribution in [-0.4, -0.2) is 30.4 Å². The van der Waals surface area contributed by atoms with Gasteiger partial charge in [0.15, 0.2) is 0 Å². The van der Waals surface area contributed by atoms with Gasteiger partial charge in [-0.1, -0.05) is 19.1 Å². The Hall–Kier alpha value is -1.26. The zero-order valence-electron chi connectivity index (χ0n) is 12.5. The highest BCUT2D eigenvalue weighted by molar-refractivity contribution is 6.65. The number of halogens is 2. The Morgan fingerprint density at radius 2 is 1.90 bits per heavy atom. The highest BCUT2D eigenvalue weighted by Gasteiger charge is 2.24. The van der Waals surface area contributed by atoms with Gasteiger partial charge in [-0.3, -0.25) is 4.79 Å². The minimum Gasteiger partial charge on any atom is -0.462 e. The maximum absolute atomic E-state index is 12.0. The summed E-state index contributed by atoms with van der Waals surface area (Å²) in [5.41, 5.74) is 1.13. The Kier molecular flexibility index (Phi) is 9.06. The monoisotopic (exact) mass is 333 g/mol. The average molecular weight is 334 g/mol. The van der Waals surface area contributed by atoms with Crippen molar-refractivity contribution >= 4 is 40.9 Å². The maximum atomic E-state index is 12.0. The van der Waals surface area contributed by atoms with Gasteiger partial charge < -0.3 is 9.64 Å². The zero-order valence-corrected chi connectivity index (χ0v) is 14.0. The molecule has 0 fully saturated rings. The van der Waals surface area contributed by atoms with Gasteiger partial charge in [-0.15, -0.1) is 12.4 Å². The Bertz CT molecular complexity index is 480. The highest BCUT2D eigenvalue weighted by atomic mass is 35.5. The van der Waals surface area contributed by atoms with E-state index in [0.717, 1.165) is 6.42 Å². The molecule has 1 aromatic carbocycles. The van der Waals surface area contributed by atoms with E-state index in [1.54, 1.807) is 32.0 Å². The van der Waals surface area contributed by atoms with E-state index in [2.05, 4.69) is 0 Å². The lowest BCUT2D eigenvalue weighted by Gasteiger charge is -2.30. The molecular weight excluding hydrogens is 313 g/mol. The molecule has 0 aliphatic carbocycles. The molecule has 21 heavy (non-hydrogen) atoms. The van der Waals surface area contributed by atoms with Crippen molar-refractivity contribution in [2.75, 3.05) is 18.1 Å². The first-order valence-electron chi connectivity index (χ1n) is 6.75. The quantitative estimate of drug-likeness (QED) is 0.564. The molecule has 0 radical (unpaired) electrons. The summed E-state index contributed by atoms with van der Waals surface area (Å²) in [7, 11) is 0. The number of hydrogen-bond donors (Lipinski definition) is 0. The van der Waals surface area contributed by atoms with Crippen LogP contribution in [-0.2, 0) is 9.53 Å². The van der Waals surface area contributed by atoms with Crippen molar-refractivity contribution in [1.29, 1.82) is 0 Å². The van der Waals surface area contributed by atoms with Crippen LogP contribution in [0, 0.1) is 0 Å². The predicted molar refractivity (Wildman–Crippen MR) is 87.6 cm³/mol. The fourth-order valence-electron chi connectivity index (χ4n) is 1.99. The molecule has 6 heteroatoms. The van der Waals surface area contributed by atoms with Crippen LogP contribution in [0.25, 0.3) is 0 Å². The van der Waals surface area contributed by atoms with Crippen LogP contribution in [0.15, 0.2) is 24.3 Å². The van der Waals surface area contributed by atoms with Gasteiger partial charge >= 0.3 is 5.97 Å². The third-order valence-corrected chi connectivity index (χ3v) is 3.29. The first kappa shape index (κ1) is 19.7. The summed E-state index contributed by atoms with van der Waals surface area (Å²) in [6.45, 7) is 6.44. The van der Waals surface area contributed by atoms with Gasteiger partial charge in [-0.05, 0) is 44.0 Å². The molecule has 0 aromatic heterocycles. The maximum Gasteiger partial charge on any atom is 0.340 e. The lowest BCUT2D eigenvalue weighted by atomic mass is 10.1. The molecule has 0 saturated heterocycles. The van der Waals surface area contributed by atoms with Gasteiger partial charge in [0.05, 0.1) is 17.9 Å². The van der Waals surface area contributed by atoms with Crippen molar-refractivity contribution < 1.29 is 14.3 Å². The minimum atomic E-state index is -0.493. The van der Waals surface area contributed by atoms with Gasteiger partial charge in [0, 0.05) is 6.54 Å². The molecule has 118 valence electrons. The number of para-hydroxylation sites is 1. The van der Waals surface area contributed by atoms with Crippen LogP contribution in [0.2, 0.25) is 0 Å². The van der Waals surface area contributed by atoms with E-state index in [0.29, 0.717) is 24.4 Å². The SMILES string of the molecule is CCCN(c1ccccc1C(=O)OCC)[C@@H](C)C(=O)Cl.Cl. The summed E-state index contributed by atoms with van der Waals surface area (Å²) in [5.74, 6) is -0.390. The van der Waals surface area contributed by atoms with E-state index in [-0.39, 0.29) is 12.4 Å². The topological polar surface area (TPSA) is 46.6 Å². The Balaban J connectivity index is 0.00000400. The number of rotatable bonds is 7. The van der Waals surface area contributed by atoms with Crippen molar-refractivity contribution in [3.05, 3.63) is 29.8 Å². The summed E-state index contributed by atoms with van der Waals surface area (Å²) >= 11 is 5.60. The smallest absolute Gasteiger partial charge is 0.340 e. The molecule has 0 unspecified atom stereocenters. The van der Waals surface area contributed by atoms with Crippen LogP contribution in [0.5, 0.6) is 0 Å². The Labute approximate surface area is 136 Å². The number of carbonyl (C=O) groups is 2. The van der Waals surface area contributed by atoms with E-state index in [1.165, 1.54) is 0 Å². The standard InChI is InChI=1S/C15H20ClNO3.ClH/c1-4-10-17(11(3)14(16)18)13-9-7-6-8-12(13)15(19)20-5-2;/h6-9,11H,4-5,10H2,1-3H3;1H/t11-;/m0./s1. The normalized spacial score (nSPS) is 11.2. The molecule has 1 rings (SSSR count). The van der Waals surface area contributed by atoms with E-state index in [4.69, 9.17) is 16.3 Å². The molecule has 0 heterocycles. The van der Waals surface area contributed by atoms with Gasteiger partial charge in [0.2, 0.25) is 5.24 Å². The van der Waals surface area contributed by atoms with Crippen molar-refractivity contribution in [3.8, 4) is 0 Å². The molecule has 0 aliphatic rings. The first-order chi connectivity index (χ1) is 9.52. The third-order valence-electron chi connectivity index (χ3n) is 2.97. The predicted octanol–water partition coefficient (Wildman–Crippen LogP) is 3.66. The Morgan fingerprint density at radius 3 is 2.43 bits per heavy atom. The molecule has 0 amide bonds. The van der Waals surface area contributed by atoms with Gasteiger partial charge in [-0.2, -0.15) is 0 Å². The van der Waals surface area contributed by atoms with E-state index < -0.39 is 17.3 Å². The summed E-state index contributed by atoms with van der Waals surface area (Å²) in [5, 5.41) is -0.447. The zero-order chi connectivity index (χ0) is 15.1. The molecule has 1 atom stereocenters. The number of benzene rings is 1.